The van der Waals surface area contributed by atoms with Gasteiger partial charge in [0.25, 0.3) is 0 Å². The van der Waals surface area contributed by atoms with Crippen LogP contribution in [0.25, 0.3) is 0 Å². The van der Waals surface area contributed by atoms with Gasteiger partial charge in [-0.25, -0.2) is 14.4 Å². The molecule has 0 saturated heterocycles. The molecule has 0 amide bonds. The first kappa shape index (κ1) is 60.6. The van der Waals surface area contributed by atoms with Gasteiger partial charge in [0.15, 0.2) is 18.9 Å². The molecule has 3 fully saturated rings. The summed E-state index contributed by atoms with van der Waals surface area (Å²) in [6, 6.07) is 0. The van der Waals surface area contributed by atoms with Crippen molar-refractivity contribution in [1.29, 1.82) is 0 Å². The van der Waals surface area contributed by atoms with Crippen LogP contribution in [-0.4, -0.2) is 132 Å². The zero-order chi connectivity index (χ0) is 53.1. The first-order valence-electron chi connectivity index (χ1n) is 24.8. The monoisotopic (exact) mass is 1020 g/mol. The molecule has 0 aromatic carbocycles. The third kappa shape index (κ3) is 20.8. The Morgan fingerprint density at radius 3 is 0.847 bits per heavy atom. The number of ether oxygens (including phenoxy) is 12. The topological polar surface area (TPSA) is 264 Å². The number of carbonyl (C=O) groups excluding carboxylic acids is 9. The Balaban J connectivity index is 1.70. The second kappa shape index (κ2) is 32.4. The minimum absolute atomic E-state index is 0.157. The maximum atomic E-state index is 13.6. The van der Waals surface area contributed by atoms with Gasteiger partial charge in [-0.1, -0.05) is 65.2 Å². The molecule has 72 heavy (non-hydrogen) atoms. The van der Waals surface area contributed by atoms with Crippen molar-refractivity contribution in [3.8, 4) is 0 Å². The van der Waals surface area contributed by atoms with Gasteiger partial charge in [0.1, 0.15) is 39.6 Å². The Morgan fingerprint density at radius 1 is 0.403 bits per heavy atom. The number of esters is 9. The van der Waals surface area contributed by atoms with Gasteiger partial charge in [-0.15, -0.1) is 0 Å². The summed E-state index contributed by atoms with van der Waals surface area (Å²) >= 11 is 0. The summed E-state index contributed by atoms with van der Waals surface area (Å²) in [4.78, 5) is 114. The van der Waals surface area contributed by atoms with Gasteiger partial charge in [0, 0.05) is 23.6 Å². The van der Waals surface area contributed by atoms with Crippen molar-refractivity contribution < 1.29 is 100.0 Å². The lowest BCUT2D eigenvalue weighted by atomic mass is 9.79. The molecule has 3 aliphatic rings. The molecular weight excluding hydrogens is 949 g/mol. The molecule has 3 rings (SSSR count). The lowest BCUT2D eigenvalue weighted by Gasteiger charge is -2.35. The quantitative estimate of drug-likeness (QED) is 0.0279. The lowest BCUT2D eigenvalue weighted by molar-refractivity contribution is -0.219. The zero-order valence-corrected chi connectivity index (χ0v) is 42.2. The second-order valence-electron chi connectivity index (χ2n) is 17.9. The molecule has 3 saturated carbocycles. The van der Waals surface area contributed by atoms with Crippen LogP contribution >= 0.6 is 0 Å². The van der Waals surface area contributed by atoms with Crippen molar-refractivity contribution in [2.75, 3.05) is 59.5 Å². The van der Waals surface area contributed by atoms with Crippen LogP contribution in [0.15, 0.2) is 38.0 Å². The predicted octanol–water partition coefficient (Wildman–Crippen LogP) is 5.34. The molecule has 404 valence electrons. The average Bonchev–Trinajstić information content (AvgIpc) is 3.39. The predicted molar refractivity (Wildman–Crippen MR) is 250 cm³/mol. The lowest BCUT2D eigenvalue weighted by Crippen LogP contribution is -2.42. The van der Waals surface area contributed by atoms with Gasteiger partial charge in [0.05, 0.1) is 55.3 Å². The van der Waals surface area contributed by atoms with Gasteiger partial charge in [-0.2, -0.15) is 0 Å². The third-order valence-electron chi connectivity index (χ3n) is 12.8. The number of hydrogen-bond acceptors (Lipinski definition) is 21. The Hall–Kier alpha value is -5.67. The Morgan fingerprint density at radius 2 is 0.625 bits per heavy atom. The van der Waals surface area contributed by atoms with Crippen LogP contribution in [0.4, 0.5) is 0 Å². The highest BCUT2D eigenvalue weighted by Gasteiger charge is 2.42. The van der Waals surface area contributed by atoms with Crippen molar-refractivity contribution in [3.63, 3.8) is 0 Å². The van der Waals surface area contributed by atoms with E-state index in [1.165, 1.54) is 20.8 Å². The summed E-state index contributed by atoms with van der Waals surface area (Å²) < 4.78 is 66.1. The second-order valence-corrected chi connectivity index (χ2v) is 17.9. The van der Waals surface area contributed by atoms with E-state index in [1.807, 2.05) is 6.92 Å². The van der Waals surface area contributed by atoms with Crippen molar-refractivity contribution in [2.24, 2.45) is 40.9 Å². The molecule has 0 N–H and O–H groups in total. The minimum atomic E-state index is -1.14. The summed E-state index contributed by atoms with van der Waals surface area (Å²) in [6.45, 7) is 14.7. The number of hydrogen-bond donors (Lipinski definition) is 0. The first-order chi connectivity index (χ1) is 34.5. The van der Waals surface area contributed by atoms with E-state index in [9.17, 15) is 43.2 Å². The van der Waals surface area contributed by atoms with E-state index in [4.69, 9.17) is 56.8 Å². The molecule has 0 bridgehead atoms. The molecule has 0 aliphatic heterocycles. The van der Waals surface area contributed by atoms with E-state index in [0.717, 1.165) is 18.2 Å². The highest BCUT2D eigenvalue weighted by Crippen LogP contribution is 2.36. The minimum Gasteiger partial charge on any atom is -0.462 e. The zero-order valence-electron chi connectivity index (χ0n) is 42.2. The van der Waals surface area contributed by atoms with Crippen molar-refractivity contribution in [2.45, 2.75) is 130 Å². The Bertz CT molecular complexity index is 1640. The highest BCUT2D eigenvalue weighted by molar-refractivity contribution is 5.84. The van der Waals surface area contributed by atoms with Crippen molar-refractivity contribution in [3.05, 3.63) is 38.0 Å². The van der Waals surface area contributed by atoms with E-state index >= 15 is 0 Å². The van der Waals surface area contributed by atoms with Gasteiger partial charge in [-0.05, 0) is 65.7 Å². The van der Waals surface area contributed by atoms with Gasteiger partial charge in [-0.3, -0.25) is 28.8 Å². The fourth-order valence-corrected chi connectivity index (χ4v) is 8.61. The average molecular weight is 1020 g/mol. The molecular formula is C51H74O21. The third-order valence-corrected chi connectivity index (χ3v) is 12.8. The summed E-state index contributed by atoms with van der Waals surface area (Å²) in [5.74, 6) is -10.7. The Labute approximate surface area is 421 Å². The van der Waals surface area contributed by atoms with Crippen LogP contribution in [0.5, 0.6) is 0 Å². The molecule has 0 spiro atoms. The van der Waals surface area contributed by atoms with Crippen molar-refractivity contribution >= 4 is 53.7 Å². The molecule has 9 unspecified atom stereocenters. The van der Waals surface area contributed by atoms with Crippen LogP contribution in [0.2, 0.25) is 0 Å². The van der Waals surface area contributed by atoms with E-state index in [2.05, 4.69) is 19.7 Å². The van der Waals surface area contributed by atoms with E-state index in [1.54, 1.807) is 0 Å². The molecule has 3 aliphatic carbocycles. The number of rotatable bonds is 31. The highest BCUT2D eigenvalue weighted by atomic mass is 16.7. The molecule has 9 atom stereocenters. The molecule has 0 aromatic heterocycles. The number of carbonyl (C=O) groups is 9. The van der Waals surface area contributed by atoms with Gasteiger partial charge in [0.2, 0.25) is 0 Å². The molecule has 0 aromatic rings. The fourth-order valence-electron chi connectivity index (χ4n) is 8.61. The smallest absolute Gasteiger partial charge is 0.330 e. The maximum Gasteiger partial charge on any atom is 0.330 e. The van der Waals surface area contributed by atoms with Crippen LogP contribution in [-0.2, 0) is 100.0 Å². The first-order valence-corrected chi connectivity index (χ1v) is 24.8. The van der Waals surface area contributed by atoms with Crippen molar-refractivity contribution in [1.82, 2.24) is 0 Å². The SMILES string of the molecule is C=CC(=O)OCCOC(=O)C1CCCCC1C(=O)OC(C)OCC(CC)(COC(C)OC(=O)C1CCCCC1C(=O)OCCOC(=O)C=C)COC(C)OC(=O)C1CCCCC1C(=O)OCCOC(=O)C=C. The normalized spacial score (nSPS) is 22.8. The van der Waals surface area contributed by atoms with E-state index in [-0.39, 0.29) is 59.5 Å². The summed E-state index contributed by atoms with van der Waals surface area (Å²) in [5.41, 5.74) is -1.06. The van der Waals surface area contributed by atoms with Gasteiger partial charge >= 0.3 is 53.7 Å². The largest absolute Gasteiger partial charge is 0.462 e. The van der Waals surface area contributed by atoms with Gasteiger partial charge < -0.3 is 56.8 Å². The van der Waals surface area contributed by atoms with E-state index in [0.29, 0.717) is 83.5 Å². The fraction of sp³-hybridized carbons (Fsp3) is 0.706. The summed E-state index contributed by atoms with van der Waals surface area (Å²) in [7, 11) is 0. The van der Waals surface area contributed by atoms with E-state index < -0.39 is 114 Å². The van der Waals surface area contributed by atoms with Crippen LogP contribution in [0, 0.1) is 40.9 Å². The maximum absolute atomic E-state index is 13.6. The van der Waals surface area contributed by atoms with Crippen LogP contribution < -0.4 is 0 Å². The molecule has 0 heterocycles. The van der Waals surface area contributed by atoms with Crippen LogP contribution in [0.1, 0.15) is 111 Å². The standard InChI is InChI=1S/C51H74O21/c1-8-42(52)61-24-27-64-45(55)36-18-12-15-21-39(36)48(58)70-33(5)67-30-51(11-4,31-68-34(6)71-49(59)40-22-16-13-19-37(40)46(56)65-28-25-62-43(53)9-2)32-69-35(7)72-50(60)41-23-17-14-20-38(41)47(57)66-29-26-63-44(54)10-3/h8-10,33-41H,1-3,11-32H2,4-7H3. The molecule has 0 radical (unpaired) electrons. The summed E-state index contributed by atoms with van der Waals surface area (Å²) in [6.07, 6.45) is 6.24. The molecule has 21 nitrogen and oxygen atoms in total. The van der Waals surface area contributed by atoms with Crippen LogP contribution in [0.3, 0.4) is 0 Å². The summed E-state index contributed by atoms with van der Waals surface area (Å²) in [5, 5.41) is 0. The Kier molecular flexibility index (Phi) is 27.3. The molecule has 21 heteroatoms.